The Kier molecular flexibility index (Phi) is 7.28. The maximum absolute atomic E-state index is 12.4. The molecule has 0 unspecified atom stereocenters. The predicted molar refractivity (Wildman–Crippen MR) is 98.7 cm³/mol. The fourth-order valence-electron chi connectivity index (χ4n) is 2.41. The molecule has 1 aromatic heterocycles. The number of halogens is 1. The molecule has 0 saturated carbocycles. The van der Waals surface area contributed by atoms with E-state index in [0.717, 1.165) is 16.4 Å². The van der Waals surface area contributed by atoms with Crippen LogP contribution in [-0.4, -0.2) is 46.8 Å². The number of ether oxygens (including phenoxy) is 1. The maximum Gasteiger partial charge on any atom is 0.318 e. The van der Waals surface area contributed by atoms with Gasteiger partial charge in [-0.05, 0) is 25.5 Å². The Morgan fingerprint density at radius 2 is 2.16 bits per heavy atom. The highest BCUT2D eigenvalue weighted by molar-refractivity contribution is 6.31. The highest BCUT2D eigenvalue weighted by Crippen LogP contribution is 2.17. The highest BCUT2D eigenvalue weighted by Gasteiger charge is 2.17. The number of nitrogens with zero attached hydrogens (tertiary/aromatic N) is 3. The molecule has 0 atom stereocenters. The standard InChI is InChI=1S/C18H25ClN4O2/c1-14(2)21-18(24)23(10-11-25-3)13-17-20-8-9-22(17)12-15-6-4-5-7-16(15)19/h4-9,14H,10-13H2,1-3H3,(H,21,24). The SMILES string of the molecule is COCCN(Cc1nccn1Cc1ccccc1Cl)C(=O)NC(C)C. The van der Waals surface area contributed by atoms with Crippen molar-refractivity contribution in [1.82, 2.24) is 19.8 Å². The average Bonchev–Trinajstić information content (AvgIpc) is 2.99. The Labute approximate surface area is 153 Å². The van der Waals surface area contributed by atoms with Crippen LogP contribution in [0.2, 0.25) is 5.02 Å². The molecule has 0 fully saturated rings. The fourth-order valence-corrected chi connectivity index (χ4v) is 2.60. The molecule has 0 spiro atoms. The Morgan fingerprint density at radius 1 is 1.40 bits per heavy atom. The Balaban J connectivity index is 2.13. The minimum Gasteiger partial charge on any atom is -0.383 e. The lowest BCUT2D eigenvalue weighted by atomic mass is 10.2. The van der Waals surface area contributed by atoms with Crippen molar-refractivity contribution in [3.8, 4) is 0 Å². The van der Waals surface area contributed by atoms with Crippen molar-refractivity contribution < 1.29 is 9.53 Å². The van der Waals surface area contributed by atoms with Gasteiger partial charge < -0.3 is 19.5 Å². The molecule has 2 aromatic rings. The van der Waals surface area contributed by atoms with Crippen LogP contribution in [0.3, 0.4) is 0 Å². The quantitative estimate of drug-likeness (QED) is 0.782. The molecule has 1 heterocycles. The Bertz CT molecular complexity index is 687. The molecule has 0 saturated heterocycles. The van der Waals surface area contributed by atoms with E-state index in [9.17, 15) is 4.79 Å². The number of amides is 2. The van der Waals surface area contributed by atoms with Gasteiger partial charge in [-0.3, -0.25) is 0 Å². The molecular formula is C18H25ClN4O2. The number of rotatable bonds is 8. The minimum absolute atomic E-state index is 0.0698. The van der Waals surface area contributed by atoms with Crippen LogP contribution in [0.15, 0.2) is 36.7 Å². The minimum atomic E-state index is -0.126. The molecule has 1 aromatic carbocycles. The number of nitrogens with one attached hydrogen (secondary N) is 1. The third kappa shape index (κ3) is 5.76. The van der Waals surface area contributed by atoms with Crippen LogP contribution >= 0.6 is 11.6 Å². The van der Waals surface area contributed by atoms with Gasteiger partial charge in [-0.1, -0.05) is 29.8 Å². The summed E-state index contributed by atoms with van der Waals surface area (Å²) in [5.41, 5.74) is 1.01. The molecule has 7 heteroatoms. The van der Waals surface area contributed by atoms with E-state index in [-0.39, 0.29) is 12.1 Å². The maximum atomic E-state index is 12.4. The fraction of sp³-hybridized carbons (Fsp3) is 0.444. The van der Waals surface area contributed by atoms with Crippen LogP contribution in [0.25, 0.3) is 0 Å². The summed E-state index contributed by atoms with van der Waals surface area (Å²) < 4.78 is 7.13. The smallest absolute Gasteiger partial charge is 0.318 e. The van der Waals surface area contributed by atoms with Gasteiger partial charge in [0, 0.05) is 37.1 Å². The van der Waals surface area contributed by atoms with Crippen molar-refractivity contribution in [2.45, 2.75) is 33.0 Å². The zero-order chi connectivity index (χ0) is 18.2. The largest absolute Gasteiger partial charge is 0.383 e. The van der Waals surface area contributed by atoms with Gasteiger partial charge in [-0.25, -0.2) is 9.78 Å². The van der Waals surface area contributed by atoms with Crippen molar-refractivity contribution in [1.29, 1.82) is 0 Å². The van der Waals surface area contributed by atoms with Crippen molar-refractivity contribution in [2.24, 2.45) is 0 Å². The van der Waals surface area contributed by atoms with Crippen molar-refractivity contribution >= 4 is 17.6 Å². The topological polar surface area (TPSA) is 59.4 Å². The summed E-state index contributed by atoms with van der Waals surface area (Å²) >= 11 is 6.25. The first-order valence-corrected chi connectivity index (χ1v) is 8.67. The van der Waals surface area contributed by atoms with Crippen molar-refractivity contribution in [3.05, 3.63) is 53.1 Å². The van der Waals surface area contributed by atoms with E-state index in [2.05, 4.69) is 10.3 Å². The van der Waals surface area contributed by atoms with Crippen LogP contribution in [0.1, 0.15) is 25.2 Å². The molecule has 0 aliphatic carbocycles. The molecule has 2 amide bonds. The van der Waals surface area contributed by atoms with E-state index in [0.29, 0.717) is 26.2 Å². The zero-order valence-corrected chi connectivity index (χ0v) is 15.7. The molecule has 0 radical (unpaired) electrons. The molecule has 0 aliphatic rings. The number of urea groups is 1. The van der Waals surface area contributed by atoms with Gasteiger partial charge in [0.1, 0.15) is 5.82 Å². The first kappa shape index (κ1) is 19.3. The number of benzene rings is 1. The summed E-state index contributed by atoms with van der Waals surface area (Å²) in [6.07, 6.45) is 3.63. The van der Waals surface area contributed by atoms with Gasteiger partial charge in [0.05, 0.1) is 19.7 Å². The van der Waals surface area contributed by atoms with Crippen LogP contribution < -0.4 is 5.32 Å². The predicted octanol–water partition coefficient (Wildman–Crippen LogP) is 3.15. The normalized spacial score (nSPS) is 10.9. The molecule has 1 N–H and O–H groups in total. The van der Waals surface area contributed by atoms with Gasteiger partial charge in [0.25, 0.3) is 0 Å². The number of methoxy groups -OCH3 is 1. The van der Waals surface area contributed by atoms with Crippen LogP contribution in [0.4, 0.5) is 4.79 Å². The Hall–Kier alpha value is -2.05. The van der Waals surface area contributed by atoms with Gasteiger partial charge in [-0.2, -0.15) is 0 Å². The van der Waals surface area contributed by atoms with E-state index in [1.54, 1.807) is 18.2 Å². The summed E-state index contributed by atoms with van der Waals surface area (Å²) in [5, 5.41) is 3.63. The molecule has 0 aliphatic heterocycles. The average molecular weight is 365 g/mol. The van der Waals surface area contributed by atoms with Gasteiger partial charge in [0.15, 0.2) is 0 Å². The second kappa shape index (κ2) is 9.44. The van der Waals surface area contributed by atoms with Crippen molar-refractivity contribution in [3.63, 3.8) is 0 Å². The number of carbonyl (C=O) groups excluding carboxylic acids is 1. The molecule has 0 bridgehead atoms. The van der Waals surface area contributed by atoms with E-state index in [1.807, 2.05) is 48.9 Å². The highest BCUT2D eigenvalue weighted by atomic mass is 35.5. The number of aromatic nitrogens is 2. The van der Waals surface area contributed by atoms with E-state index in [1.165, 1.54) is 0 Å². The number of imidazole rings is 1. The van der Waals surface area contributed by atoms with Gasteiger partial charge in [-0.15, -0.1) is 0 Å². The lowest BCUT2D eigenvalue weighted by Crippen LogP contribution is -2.44. The summed E-state index contributed by atoms with van der Waals surface area (Å²) in [4.78, 5) is 18.5. The number of hydrogen-bond acceptors (Lipinski definition) is 3. The molecule has 136 valence electrons. The molecule has 25 heavy (non-hydrogen) atoms. The van der Waals surface area contributed by atoms with Crippen molar-refractivity contribution in [2.75, 3.05) is 20.3 Å². The van der Waals surface area contributed by atoms with Gasteiger partial charge in [0.2, 0.25) is 0 Å². The second-order valence-corrected chi connectivity index (χ2v) is 6.49. The summed E-state index contributed by atoms with van der Waals surface area (Å²) in [6.45, 7) is 5.85. The molecule has 2 rings (SSSR count). The van der Waals surface area contributed by atoms with Crippen LogP contribution in [0.5, 0.6) is 0 Å². The molecular weight excluding hydrogens is 340 g/mol. The third-order valence-electron chi connectivity index (χ3n) is 3.70. The van der Waals surface area contributed by atoms with E-state index >= 15 is 0 Å². The first-order valence-electron chi connectivity index (χ1n) is 8.29. The van der Waals surface area contributed by atoms with Crippen LogP contribution in [-0.2, 0) is 17.8 Å². The second-order valence-electron chi connectivity index (χ2n) is 6.08. The van der Waals surface area contributed by atoms with Gasteiger partial charge >= 0.3 is 6.03 Å². The lowest BCUT2D eigenvalue weighted by molar-refractivity contribution is 0.143. The summed E-state index contributed by atoms with van der Waals surface area (Å²) in [7, 11) is 1.62. The zero-order valence-electron chi connectivity index (χ0n) is 14.9. The summed E-state index contributed by atoms with van der Waals surface area (Å²) in [5.74, 6) is 0.801. The summed E-state index contributed by atoms with van der Waals surface area (Å²) in [6, 6.07) is 7.66. The Morgan fingerprint density at radius 3 is 2.84 bits per heavy atom. The first-order chi connectivity index (χ1) is 12.0. The van der Waals surface area contributed by atoms with E-state index in [4.69, 9.17) is 16.3 Å². The number of carbonyl (C=O) groups is 1. The lowest BCUT2D eigenvalue weighted by Gasteiger charge is -2.24. The van der Waals surface area contributed by atoms with Crippen LogP contribution in [0, 0.1) is 0 Å². The number of hydrogen-bond donors (Lipinski definition) is 1. The molecule has 6 nitrogen and oxygen atoms in total. The monoisotopic (exact) mass is 364 g/mol. The van der Waals surface area contributed by atoms with E-state index < -0.39 is 0 Å². The third-order valence-corrected chi connectivity index (χ3v) is 4.07.